The van der Waals surface area contributed by atoms with E-state index in [0.717, 1.165) is 299 Å². The minimum atomic E-state index is 0.196. The highest BCUT2D eigenvalue weighted by Gasteiger charge is 2.30. The predicted octanol–water partition coefficient (Wildman–Crippen LogP) is 12.2. The van der Waals surface area contributed by atoms with E-state index in [1.807, 2.05) is 127 Å². The number of nitrogens with two attached hydrogens (primary N) is 7. The number of piperidine rings is 5. The van der Waals surface area contributed by atoms with Crippen LogP contribution >= 0.6 is 27.3 Å². The van der Waals surface area contributed by atoms with Gasteiger partial charge in [-0.2, -0.15) is 78.6 Å². The monoisotopic (exact) mass is 1980 g/mol. The van der Waals surface area contributed by atoms with Crippen LogP contribution in [0.25, 0.3) is 101 Å². The minimum absolute atomic E-state index is 0.196. The van der Waals surface area contributed by atoms with Gasteiger partial charge in [-0.15, -0.1) is 11.3 Å². The first-order valence-corrected chi connectivity index (χ1v) is 49.5. The fourth-order valence-electron chi connectivity index (χ4n) is 19.3. The standard InChI is InChI=1S/C19H20N6.C18H18BrN5O2.2C18H18N6.C14H18N8.C14H16N6S/c20-8-7-13-3-5-14(6-4-13)16-12-23-25-18(21)10-17(24-19(16)25)15-2-1-9-22-11-15;19-15-16(11-2-1-5-21-7-11)23-18-12(8-22-24(18)17(15)20)10-3-4-13-14(6-10)26-9-25-13;19-9-12-3-1-4-13(7-12)15-11-22-24-17(20)8-16(23-18(15)24)14-5-2-6-21-10-14;19-9-12-3-5-13(6-4-12)15-11-22-24-17(20)8-16(23-18(15)24)14-2-1-7-21-10-14;1-20-7-9(5-17-20)11-6-18-22-12(16)4-13(19-14(11)22)21-3-2-10(15)8-21;15-13-4-11(9-2-1-3-16-5-9)19-14-10(6-18-20(13)14)12-7-21-8-17-12/h3-6,10,12,15,22H,1-2,7,9,11,21H2;3-4,6,8,11,21H,1-2,5,7,9,20H2;1,3-4,7-8,11,14,21H,2,5-6,10,20H2;3-6,8,11,14,21H,1-2,7,10,20H2;4-7,10H,2-3,8,15-16H2,1H3;4,6-9,16H,1-3,5,15H2/t;;;;10-;/m....0./s1. The molecule has 6 atom stereocenters. The van der Waals surface area contributed by atoms with Crippen molar-refractivity contribution in [3.8, 4) is 96.6 Å². The van der Waals surface area contributed by atoms with Gasteiger partial charge in [0.05, 0.1) is 129 Å². The second-order valence-corrected chi connectivity index (χ2v) is 37.9. The molecule has 4 aromatic carbocycles. The lowest BCUT2D eigenvalue weighted by molar-refractivity contribution is 0.174. The van der Waals surface area contributed by atoms with Crippen LogP contribution in [0.5, 0.6) is 11.5 Å². The van der Waals surface area contributed by atoms with E-state index in [9.17, 15) is 0 Å². The van der Waals surface area contributed by atoms with Crippen LogP contribution in [0, 0.1) is 34.0 Å². The number of thiazole rings is 1. The number of halogens is 1. The van der Waals surface area contributed by atoms with Crippen molar-refractivity contribution in [3.05, 3.63) is 231 Å². The molecular weight excluding hydrogens is 1880 g/mol. The summed E-state index contributed by atoms with van der Waals surface area (Å²) < 4.78 is 23.5. The lowest BCUT2D eigenvalue weighted by Gasteiger charge is -2.23. The van der Waals surface area contributed by atoms with Gasteiger partial charge in [-0.1, -0.05) is 54.6 Å². The van der Waals surface area contributed by atoms with E-state index in [0.29, 0.717) is 82.0 Å². The summed E-state index contributed by atoms with van der Waals surface area (Å²) in [6.45, 7) is 12.0. The van der Waals surface area contributed by atoms with Crippen LogP contribution in [0.4, 0.5) is 40.7 Å². The number of aromatic nitrogens is 21. The second kappa shape index (κ2) is 42.2. The van der Waals surface area contributed by atoms with Crippen molar-refractivity contribution in [1.29, 1.82) is 15.8 Å². The molecule has 0 saturated carbocycles. The molecule has 14 aromatic heterocycles. The molecule has 7 aliphatic heterocycles. The number of nitriles is 3. The van der Waals surface area contributed by atoms with Gasteiger partial charge in [0.2, 0.25) is 6.79 Å². The Labute approximate surface area is 829 Å². The summed E-state index contributed by atoms with van der Waals surface area (Å²) in [7, 11) is 1.88. The summed E-state index contributed by atoms with van der Waals surface area (Å²) in [6, 6.07) is 45.0. The summed E-state index contributed by atoms with van der Waals surface area (Å²) in [5.41, 5.74) is 68.3. The topological polar surface area (TPSA) is 547 Å². The fourth-order valence-corrected chi connectivity index (χ4v) is 20.5. The largest absolute Gasteiger partial charge is 0.454 e. The zero-order valence-electron chi connectivity index (χ0n) is 78.3. The van der Waals surface area contributed by atoms with Crippen molar-refractivity contribution in [2.45, 2.75) is 113 Å². The number of nitrogens with zero attached hydrogens (tertiary/aromatic N) is 25. The predicted molar refractivity (Wildman–Crippen MR) is 551 cm³/mol. The number of hydrogen-bond donors (Lipinski definition) is 12. The van der Waals surface area contributed by atoms with Crippen LogP contribution in [0.1, 0.15) is 145 Å². The zero-order chi connectivity index (χ0) is 97.4. The lowest BCUT2D eigenvalue weighted by Crippen LogP contribution is -2.29. The molecule has 142 heavy (non-hydrogen) atoms. The van der Waals surface area contributed by atoms with Crippen LogP contribution < -0.4 is 81.1 Å². The van der Waals surface area contributed by atoms with Crippen molar-refractivity contribution in [3.63, 3.8) is 0 Å². The third kappa shape index (κ3) is 20.0. The maximum absolute atomic E-state index is 9.12. The number of hydrogen-bond acceptors (Lipinski definition) is 33. The average molecular weight is 1980 g/mol. The second-order valence-electron chi connectivity index (χ2n) is 36.4. The summed E-state index contributed by atoms with van der Waals surface area (Å²) in [4.78, 5) is 35.6. The quantitative estimate of drug-likeness (QED) is 0.0510. The fraction of sp³-hybridized carbons (Fsp3) is 0.317. The molecule has 0 spiro atoms. The average Bonchev–Trinajstić information content (AvgIpc) is 1.62. The van der Waals surface area contributed by atoms with Gasteiger partial charge in [0.15, 0.2) is 45.4 Å². The van der Waals surface area contributed by atoms with Crippen molar-refractivity contribution in [1.82, 2.24) is 129 Å². The first-order valence-electron chi connectivity index (χ1n) is 47.8. The number of nitrogens with one attached hydrogen (secondary N) is 5. The van der Waals surface area contributed by atoms with Gasteiger partial charge in [-0.3, -0.25) is 4.68 Å². The molecule has 722 valence electrons. The van der Waals surface area contributed by atoms with E-state index in [1.54, 1.807) is 105 Å². The van der Waals surface area contributed by atoms with Gasteiger partial charge in [0.25, 0.3) is 0 Å². The molecule has 0 aliphatic carbocycles. The van der Waals surface area contributed by atoms with Crippen molar-refractivity contribution in [2.24, 2.45) is 12.8 Å². The maximum Gasteiger partial charge on any atom is 0.231 e. The number of fused-ring (bicyclic) bond motifs is 7. The summed E-state index contributed by atoms with van der Waals surface area (Å²) in [5.74, 6) is 7.81. The van der Waals surface area contributed by atoms with Crippen LogP contribution in [0.2, 0.25) is 0 Å². The Morgan fingerprint density at radius 2 is 0.859 bits per heavy atom. The molecule has 0 amide bonds. The molecule has 21 heterocycles. The van der Waals surface area contributed by atoms with Crippen LogP contribution in [0.3, 0.4) is 0 Å². The van der Waals surface area contributed by atoms with Crippen molar-refractivity contribution in [2.75, 3.05) is 125 Å². The van der Waals surface area contributed by atoms with E-state index in [4.69, 9.17) is 95.3 Å². The Balaban J connectivity index is 0.000000104. The van der Waals surface area contributed by atoms with E-state index in [1.165, 1.54) is 6.42 Å². The first kappa shape index (κ1) is 94.0. The Bertz CT molecular complexity index is 7700. The van der Waals surface area contributed by atoms with Gasteiger partial charge in [-0.25, -0.2) is 34.9 Å². The first-order chi connectivity index (χ1) is 69.4. The van der Waals surface area contributed by atoms with Crippen molar-refractivity contribution < 1.29 is 9.47 Å². The van der Waals surface area contributed by atoms with E-state index >= 15 is 0 Å². The summed E-state index contributed by atoms with van der Waals surface area (Å²) in [5, 5.41) is 76.5. The molecule has 41 heteroatoms. The number of nitrogen functional groups attached to an aromatic ring is 6. The zero-order valence-corrected chi connectivity index (χ0v) is 80.7. The minimum Gasteiger partial charge on any atom is -0.454 e. The molecular formula is C101H108BrN37O2S. The Morgan fingerprint density at radius 1 is 0.430 bits per heavy atom. The number of ether oxygens (including phenoxy) is 2. The highest BCUT2D eigenvalue weighted by Crippen LogP contribution is 2.42. The van der Waals surface area contributed by atoms with E-state index in [-0.39, 0.29) is 12.8 Å². The molecule has 5 unspecified atom stereocenters. The number of aryl methyl sites for hydroxylation is 1. The van der Waals surface area contributed by atoms with E-state index in [2.05, 4.69) is 106 Å². The molecule has 0 radical (unpaired) electrons. The third-order valence-electron chi connectivity index (χ3n) is 26.9. The van der Waals surface area contributed by atoms with Gasteiger partial charge >= 0.3 is 0 Å². The van der Waals surface area contributed by atoms with Crippen molar-refractivity contribution >= 4 is 102 Å². The molecule has 18 aromatic rings. The SMILES string of the molecule is Cn1cc(-c2cnn3c(N)cc(N4CC[C@H](N)C4)nc23)cn1.N#CCc1ccc(-c2cnn3c(N)cc(C4CCCNC4)nc23)cc1.N#Cc1ccc(-c2cnn3c(N)cc(C4CCCNC4)nc23)cc1.N#Cc1cccc(-c2cnn3c(N)cc(C4CCCNC4)nc23)c1.Nc1c(Br)c(C2CCCNC2)nc2c(-c3ccc4c(c3)OCO4)cnn12.Nc1cc(C2CCCNC2)nc2c(-c3cscn3)cnn12. The molecule has 7 aliphatic rings. The Kier molecular flexibility index (Phi) is 27.9. The molecule has 6 saturated heterocycles. The number of rotatable bonds is 13. The van der Waals surface area contributed by atoms with Gasteiger partial charge < -0.3 is 81.1 Å². The molecule has 25 rings (SSSR count). The van der Waals surface area contributed by atoms with Crippen LogP contribution in [-0.4, -0.2) is 194 Å². The Morgan fingerprint density at radius 3 is 1.31 bits per heavy atom. The summed E-state index contributed by atoms with van der Waals surface area (Å²) >= 11 is 5.20. The highest BCUT2D eigenvalue weighted by atomic mass is 79.9. The number of anilines is 7. The number of benzene rings is 4. The maximum atomic E-state index is 9.12. The lowest BCUT2D eigenvalue weighted by atomic mass is 9.96. The smallest absolute Gasteiger partial charge is 0.231 e. The van der Waals surface area contributed by atoms with Gasteiger partial charge in [0.1, 0.15) is 40.7 Å². The molecule has 6 fully saturated rings. The molecule has 0 bridgehead atoms. The Hall–Kier alpha value is -15.7. The third-order valence-corrected chi connectivity index (χ3v) is 28.3. The van der Waals surface area contributed by atoms with Crippen LogP contribution in [-0.2, 0) is 13.5 Å². The molecule has 39 nitrogen and oxygen atoms in total. The highest BCUT2D eigenvalue weighted by molar-refractivity contribution is 9.10. The normalized spacial score (nSPS) is 18.3. The van der Waals surface area contributed by atoms with E-state index < -0.39 is 0 Å². The van der Waals surface area contributed by atoms with Gasteiger partial charge in [0, 0.05) is 164 Å². The van der Waals surface area contributed by atoms with Crippen LogP contribution in [0.15, 0.2) is 186 Å². The summed E-state index contributed by atoms with van der Waals surface area (Å²) in [6.07, 6.45) is 27.2. The molecule has 19 N–H and O–H groups in total. The van der Waals surface area contributed by atoms with Gasteiger partial charge in [-0.05, 0) is 183 Å².